The van der Waals surface area contributed by atoms with E-state index in [-0.39, 0.29) is 5.75 Å². The predicted molar refractivity (Wildman–Crippen MR) is 48.6 cm³/mol. The van der Waals surface area contributed by atoms with Crippen LogP contribution in [-0.2, 0) is 0 Å². The summed E-state index contributed by atoms with van der Waals surface area (Å²) in [6, 6.07) is 6.83. The third kappa shape index (κ3) is 1.56. The molecule has 0 aliphatic carbocycles. The molecule has 0 amide bonds. The highest BCUT2D eigenvalue weighted by Gasteiger charge is 2.06. The van der Waals surface area contributed by atoms with Crippen LogP contribution < -0.4 is 0 Å². The molecule has 0 fully saturated rings. The zero-order valence-electron chi connectivity index (χ0n) is 7.20. The van der Waals surface area contributed by atoms with Crippen LogP contribution in [0.1, 0.15) is 5.56 Å². The number of hydrogen-bond acceptors (Lipinski definition) is 2. The Hall–Kier alpha value is -1.51. The molecule has 0 atom stereocenters. The fourth-order valence-corrected chi connectivity index (χ4v) is 0.915. The molecule has 0 spiro atoms. The first-order chi connectivity index (χ1) is 5.63. The van der Waals surface area contributed by atoms with Gasteiger partial charge in [0.05, 0.1) is 5.56 Å². The van der Waals surface area contributed by atoms with E-state index in [0.29, 0.717) is 11.4 Å². The summed E-state index contributed by atoms with van der Waals surface area (Å²) < 4.78 is 0. The third-order valence-electron chi connectivity index (χ3n) is 1.61. The van der Waals surface area contributed by atoms with E-state index in [4.69, 9.17) is 5.41 Å². The summed E-state index contributed by atoms with van der Waals surface area (Å²) in [5, 5.41) is 17.0. The van der Waals surface area contributed by atoms with Crippen LogP contribution in [0, 0.1) is 5.41 Å². The molecule has 1 aromatic carbocycles. The number of para-hydroxylation sites is 1. The highest BCUT2D eigenvalue weighted by Crippen LogP contribution is 2.16. The number of benzene rings is 1. The van der Waals surface area contributed by atoms with E-state index in [0.717, 1.165) is 0 Å². The van der Waals surface area contributed by atoms with Crippen LogP contribution in [-0.4, -0.2) is 29.9 Å². The van der Waals surface area contributed by atoms with Crippen LogP contribution in [0.4, 0.5) is 0 Å². The zero-order valence-corrected chi connectivity index (χ0v) is 7.20. The normalized spacial score (nSPS) is 9.50. The summed E-state index contributed by atoms with van der Waals surface area (Å²) in [7, 11) is 3.55. The first kappa shape index (κ1) is 8.59. The molecule has 0 saturated carbocycles. The van der Waals surface area contributed by atoms with Gasteiger partial charge in [-0.3, -0.25) is 5.41 Å². The van der Waals surface area contributed by atoms with Gasteiger partial charge in [0, 0.05) is 14.1 Å². The van der Waals surface area contributed by atoms with Gasteiger partial charge in [-0.25, -0.2) is 0 Å². The van der Waals surface area contributed by atoms with E-state index in [1.54, 1.807) is 43.3 Å². The van der Waals surface area contributed by atoms with Crippen molar-refractivity contribution in [2.24, 2.45) is 0 Å². The fourth-order valence-electron chi connectivity index (χ4n) is 0.915. The molecule has 1 rings (SSSR count). The van der Waals surface area contributed by atoms with Crippen LogP contribution in [0.15, 0.2) is 24.3 Å². The number of nitrogens with one attached hydrogen (secondary N) is 1. The summed E-state index contributed by atoms with van der Waals surface area (Å²) >= 11 is 0. The second-order valence-corrected chi connectivity index (χ2v) is 2.76. The summed E-state index contributed by atoms with van der Waals surface area (Å²) in [6.07, 6.45) is 0. The van der Waals surface area contributed by atoms with E-state index in [2.05, 4.69) is 0 Å². The Morgan fingerprint density at radius 1 is 1.33 bits per heavy atom. The highest BCUT2D eigenvalue weighted by atomic mass is 16.3. The van der Waals surface area contributed by atoms with Crippen molar-refractivity contribution < 1.29 is 5.11 Å². The zero-order chi connectivity index (χ0) is 9.14. The summed E-state index contributed by atoms with van der Waals surface area (Å²) in [6.45, 7) is 0. The van der Waals surface area contributed by atoms with Crippen molar-refractivity contribution in [3.8, 4) is 5.75 Å². The Bertz CT molecular complexity index is 294. The molecule has 0 bridgehead atoms. The first-order valence-electron chi connectivity index (χ1n) is 3.67. The van der Waals surface area contributed by atoms with Crippen molar-refractivity contribution in [2.45, 2.75) is 0 Å². The average molecular weight is 164 g/mol. The lowest BCUT2D eigenvalue weighted by molar-refractivity contribution is 0.471. The number of phenols is 1. The van der Waals surface area contributed by atoms with Gasteiger partial charge in [0.15, 0.2) is 0 Å². The molecule has 1 aromatic rings. The summed E-state index contributed by atoms with van der Waals surface area (Å²) in [4.78, 5) is 1.65. The first-order valence-corrected chi connectivity index (χ1v) is 3.67. The maximum atomic E-state index is 9.36. The van der Waals surface area contributed by atoms with E-state index in [1.807, 2.05) is 0 Å². The number of aromatic hydroxyl groups is 1. The molecule has 2 N–H and O–H groups in total. The van der Waals surface area contributed by atoms with E-state index in [1.165, 1.54) is 0 Å². The lowest BCUT2D eigenvalue weighted by Crippen LogP contribution is -2.21. The van der Waals surface area contributed by atoms with Crippen LogP contribution in [0.5, 0.6) is 5.75 Å². The Morgan fingerprint density at radius 3 is 2.42 bits per heavy atom. The molecule has 0 saturated heterocycles. The van der Waals surface area contributed by atoms with Gasteiger partial charge < -0.3 is 10.0 Å². The molecule has 3 heteroatoms. The SMILES string of the molecule is CN(C)C(=N)c1ccccc1O. The second-order valence-electron chi connectivity index (χ2n) is 2.76. The lowest BCUT2D eigenvalue weighted by Gasteiger charge is -2.14. The summed E-state index contributed by atoms with van der Waals surface area (Å²) in [5.41, 5.74) is 0.558. The molecule has 0 aliphatic heterocycles. The number of nitrogens with zero attached hydrogens (tertiary/aromatic N) is 1. The smallest absolute Gasteiger partial charge is 0.131 e. The van der Waals surface area contributed by atoms with E-state index >= 15 is 0 Å². The lowest BCUT2D eigenvalue weighted by atomic mass is 10.2. The molecule has 12 heavy (non-hydrogen) atoms. The number of amidine groups is 1. The molecule has 0 unspecified atom stereocenters. The quantitative estimate of drug-likeness (QED) is 0.485. The van der Waals surface area contributed by atoms with Crippen LogP contribution >= 0.6 is 0 Å². The number of phenolic OH excluding ortho intramolecular Hbond substituents is 1. The van der Waals surface area contributed by atoms with Crippen molar-refractivity contribution in [3.05, 3.63) is 29.8 Å². The maximum Gasteiger partial charge on any atom is 0.131 e. The van der Waals surface area contributed by atoms with Gasteiger partial charge in [0.2, 0.25) is 0 Å². The third-order valence-corrected chi connectivity index (χ3v) is 1.61. The molecule has 3 nitrogen and oxygen atoms in total. The van der Waals surface area contributed by atoms with Crippen LogP contribution in [0.3, 0.4) is 0 Å². The van der Waals surface area contributed by atoms with Gasteiger partial charge in [0.25, 0.3) is 0 Å². The molecule has 64 valence electrons. The number of hydrogen-bond donors (Lipinski definition) is 2. The Morgan fingerprint density at radius 2 is 1.92 bits per heavy atom. The molecule has 0 heterocycles. The molecular formula is C9H12N2O. The predicted octanol–water partition coefficient (Wildman–Crippen LogP) is 1.28. The minimum atomic E-state index is 0.149. The van der Waals surface area contributed by atoms with E-state index < -0.39 is 0 Å². The van der Waals surface area contributed by atoms with Gasteiger partial charge in [-0.05, 0) is 12.1 Å². The van der Waals surface area contributed by atoms with Crippen molar-refractivity contribution in [1.29, 1.82) is 5.41 Å². The fraction of sp³-hybridized carbons (Fsp3) is 0.222. The molecule has 0 radical (unpaired) electrons. The topological polar surface area (TPSA) is 47.3 Å². The van der Waals surface area contributed by atoms with Gasteiger partial charge in [-0.2, -0.15) is 0 Å². The van der Waals surface area contributed by atoms with Crippen LogP contribution in [0.2, 0.25) is 0 Å². The molecular weight excluding hydrogens is 152 g/mol. The van der Waals surface area contributed by atoms with Gasteiger partial charge in [-0.15, -0.1) is 0 Å². The monoisotopic (exact) mass is 164 g/mol. The Labute approximate surface area is 71.8 Å². The summed E-state index contributed by atoms with van der Waals surface area (Å²) in [5.74, 6) is 0.462. The van der Waals surface area contributed by atoms with Gasteiger partial charge in [-0.1, -0.05) is 12.1 Å². The van der Waals surface area contributed by atoms with Crippen molar-refractivity contribution in [1.82, 2.24) is 4.90 Å². The minimum Gasteiger partial charge on any atom is -0.507 e. The minimum absolute atomic E-state index is 0.149. The van der Waals surface area contributed by atoms with Crippen molar-refractivity contribution in [3.63, 3.8) is 0 Å². The van der Waals surface area contributed by atoms with Gasteiger partial charge in [0.1, 0.15) is 11.6 Å². The Balaban J connectivity index is 3.03. The van der Waals surface area contributed by atoms with E-state index in [9.17, 15) is 5.11 Å². The van der Waals surface area contributed by atoms with Crippen LogP contribution in [0.25, 0.3) is 0 Å². The van der Waals surface area contributed by atoms with Crippen molar-refractivity contribution >= 4 is 5.84 Å². The second kappa shape index (κ2) is 3.26. The average Bonchev–Trinajstić information content (AvgIpc) is 2.04. The van der Waals surface area contributed by atoms with Gasteiger partial charge >= 0.3 is 0 Å². The maximum absolute atomic E-state index is 9.36. The Kier molecular flexibility index (Phi) is 2.33. The highest BCUT2D eigenvalue weighted by molar-refractivity contribution is 5.98. The molecule has 0 aromatic heterocycles. The standard InChI is InChI=1S/C9H12N2O/c1-11(2)9(10)7-5-3-4-6-8(7)12/h3-6,10,12H,1-2H3. The van der Waals surface area contributed by atoms with Crippen molar-refractivity contribution in [2.75, 3.05) is 14.1 Å². The largest absolute Gasteiger partial charge is 0.507 e. The number of rotatable bonds is 1. The molecule has 0 aliphatic rings.